The van der Waals surface area contributed by atoms with E-state index in [4.69, 9.17) is 16.3 Å². The first-order chi connectivity index (χ1) is 14.0. The predicted molar refractivity (Wildman–Crippen MR) is 106 cm³/mol. The summed E-state index contributed by atoms with van der Waals surface area (Å²) in [4.78, 5) is 12.4. The van der Waals surface area contributed by atoms with Gasteiger partial charge in [-0.2, -0.15) is 9.78 Å². The number of aromatic nitrogens is 6. The summed E-state index contributed by atoms with van der Waals surface area (Å²) < 4.78 is 8.65. The van der Waals surface area contributed by atoms with Crippen LogP contribution in [-0.2, 0) is 11.3 Å². The van der Waals surface area contributed by atoms with Crippen molar-refractivity contribution in [2.45, 2.75) is 20.5 Å². The van der Waals surface area contributed by atoms with E-state index in [0.29, 0.717) is 16.4 Å². The highest BCUT2D eigenvalue weighted by Crippen LogP contribution is 2.22. The third kappa shape index (κ3) is 3.74. The number of esters is 1. The number of hydrogen-bond donors (Lipinski definition) is 0. The normalized spacial score (nSPS) is 10.9. The van der Waals surface area contributed by atoms with Gasteiger partial charge >= 0.3 is 5.97 Å². The molecule has 2 heterocycles. The molecule has 2 aromatic heterocycles. The third-order valence-electron chi connectivity index (χ3n) is 4.42. The van der Waals surface area contributed by atoms with E-state index < -0.39 is 5.97 Å². The van der Waals surface area contributed by atoms with E-state index in [1.165, 1.54) is 4.68 Å². The average molecular weight is 409 g/mol. The van der Waals surface area contributed by atoms with Crippen LogP contribution in [-0.4, -0.2) is 36.0 Å². The highest BCUT2D eigenvalue weighted by molar-refractivity contribution is 6.31. The van der Waals surface area contributed by atoms with E-state index in [1.807, 2.05) is 44.2 Å². The van der Waals surface area contributed by atoms with Crippen LogP contribution in [0.5, 0.6) is 0 Å². The number of carbonyl (C=O) groups excluding carboxylic acids is 1. The zero-order valence-electron chi connectivity index (χ0n) is 15.8. The summed E-state index contributed by atoms with van der Waals surface area (Å²) in [6.07, 6.45) is 0. The lowest BCUT2D eigenvalue weighted by Gasteiger charge is -2.08. The minimum Gasteiger partial charge on any atom is -0.454 e. The van der Waals surface area contributed by atoms with Gasteiger partial charge in [-0.15, -0.1) is 5.10 Å². The Kier molecular flexibility index (Phi) is 5.09. The Morgan fingerprint density at radius 1 is 1.00 bits per heavy atom. The molecule has 0 saturated carbocycles. The highest BCUT2D eigenvalue weighted by Gasteiger charge is 2.14. The molecule has 0 aliphatic heterocycles. The average Bonchev–Trinajstić information content (AvgIpc) is 3.33. The molecule has 0 N–H and O–H groups in total. The van der Waals surface area contributed by atoms with Gasteiger partial charge in [-0.1, -0.05) is 29.8 Å². The minimum atomic E-state index is -0.467. The van der Waals surface area contributed by atoms with Gasteiger partial charge in [0.1, 0.15) is 0 Å². The van der Waals surface area contributed by atoms with Crippen LogP contribution >= 0.6 is 11.6 Å². The van der Waals surface area contributed by atoms with Crippen LogP contribution in [0.4, 0.5) is 0 Å². The van der Waals surface area contributed by atoms with E-state index in [2.05, 4.69) is 20.6 Å². The number of carbonyl (C=O) groups is 1. The predicted octanol–water partition coefficient (Wildman–Crippen LogP) is 3.48. The molecular formula is C20H17ClN6O2. The smallest absolute Gasteiger partial charge is 0.338 e. The van der Waals surface area contributed by atoms with E-state index in [0.717, 1.165) is 22.8 Å². The van der Waals surface area contributed by atoms with E-state index in [-0.39, 0.29) is 6.61 Å². The molecule has 29 heavy (non-hydrogen) atoms. The molecule has 0 atom stereocenters. The summed E-state index contributed by atoms with van der Waals surface area (Å²) in [5, 5.41) is 16.6. The van der Waals surface area contributed by atoms with Crippen molar-refractivity contribution in [2.75, 3.05) is 0 Å². The molecule has 0 radical (unpaired) electrons. The lowest BCUT2D eigenvalue weighted by atomic mass is 10.2. The summed E-state index contributed by atoms with van der Waals surface area (Å²) in [5.41, 5.74) is 3.61. The third-order valence-corrected chi connectivity index (χ3v) is 4.96. The molecular weight excluding hydrogens is 392 g/mol. The second-order valence-electron chi connectivity index (χ2n) is 6.36. The van der Waals surface area contributed by atoms with Crippen LogP contribution in [0.15, 0.2) is 54.6 Å². The summed E-state index contributed by atoms with van der Waals surface area (Å²) in [7, 11) is 0. The molecule has 0 aliphatic carbocycles. The Balaban J connectivity index is 1.46. The number of aryl methyl sites for hydroxylation is 1. The van der Waals surface area contributed by atoms with Crippen molar-refractivity contribution in [3.63, 3.8) is 0 Å². The number of para-hydroxylation sites is 1. The van der Waals surface area contributed by atoms with Crippen molar-refractivity contribution in [3.05, 3.63) is 82.4 Å². The topological polar surface area (TPSA) is 87.7 Å². The molecule has 9 heteroatoms. The Morgan fingerprint density at radius 2 is 1.69 bits per heavy atom. The van der Waals surface area contributed by atoms with Gasteiger partial charge in [-0.05, 0) is 60.7 Å². The largest absolute Gasteiger partial charge is 0.454 e. The van der Waals surface area contributed by atoms with Crippen LogP contribution in [0.1, 0.15) is 27.6 Å². The molecule has 4 rings (SSSR count). The van der Waals surface area contributed by atoms with Crippen LogP contribution in [0, 0.1) is 13.8 Å². The number of halogens is 1. The van der Waals surface area contributed by atoms with Crippen molar-refractivity contribution in [2.24, 2.45) is 0 Å². The summed E-state index contributed by atoms with van der Waals surface area (Å²) >= 11 is 6.20. The quantitative estimate of drug-likeness (QED) is 0.470. The van der Waals surface area contributed by atoms with Gasteiger partial charge < -0.3 is 4.74 Å². The second-order valence-corrected chi connectivity index (χ2v) is 6.74. The monoisotopic (exact) mass is 408 g/mol. The van der Waals surface area contributed by atoms with E-state index >= 15 is 0 Å². The number of ether oxygens (including phenoxy) is 1. The molecule has 0 saturated heterocycles. The van der Waals surface area contributed by atoms with Gasteiger partial charge in [-0.25, -0.2) is 9.48 Å². The molecule has 0 bridgehead atoms. The lowest BCUT2D eigenvalue weighted by molar-refractivity contribution is 0.0459. The van der Waals surface area contributed by atoms with Gasteiger partial charge in [0.2, 0.25) is 0 Å². The first-order valence-electron chi connectivity index (χ1n) is 8.86. The lowest BCUT2D eigenvalue weighted by Crippen LogP contribution is -2.10. The van der Waals surface area contributed by atoms with Gasteiger partial charge in [0.25, 0.3) is 0 Å². The number of rotatable bonds is 5. The summed E-state index contributed by atoms with van der Waals surface area (Å²) in [5.74, 6) is -0.0379. The molecule has 4 aromatic rings. The molecule has 0 unspecified atom stereocenters. The van der Waals surface area contributed by atoms with E-state index in [1.54, 1.807) is 28.9 Å². The molecule has 146 valence electrons. The van der Waals surface area contributed by atoms with Gasteiger partial charge in [0.15, 0.2) is 12.4 Å². The minimum absolute atomic E-state index is 0.0461. The first-order valence-corrected chi connectivity index (χ1v) is 9.24. The summed E-state index contributed by atoms with van der Waals surface area (Å²) in [6.45, 7) is 3.69. The van der Waals surface area contributed by atoms with Crippen molar-refractivity contribution in [1.29, 1.82) is 0 Å². The molecule has 2 aromatic carbocycles. The standard InChI is InChI=1S/C20H17ClN6O2/c1-13-19(21)14(2)26(23-13)17-10-8-15(9-11-17)20(28)29-12-18-22-24-25-27(18)16-6-4-3-5-7-16/h3-11H,12H2,1-2H3. The number of benzene rings is 2. The Bertz CT molecular complexity index is 1150. The van der Waals surface area contributed by atoms with Crippen molar-refractivity contribution in [3.8, 4) is 11.4 Å². The van der Waals surface area contributed by atoms with Gasteiger partial charge in [0.05, 0.1) is 33.3 Å². The van der Waals surface area contributed by atoms with Crippen LogP contribution in [0.3, 0.4) is 0 Å². The first kappa shape index (κ1) is 18.8. The molecule has 8 nitrogen and oxygen atoms in total. The van der Waals surface area contributed by atoms with Crippen LogP contribution in [0.25, 0.3) is 11.4 Å². The summed E-state index contributed by atoms with van der Waals surface area (Å²) in [6, 6.07) is 16.3. The van der Waals surface area contributed by atoms with Crippen molar-refractivity contribution >= 4 is 17.6 Å². The maximum absolute atomic E-state index is 12.4. The number of hydrogen-bond acceptors (Lipinski definition) is 6. The zero-order chi connectivity index (χ0) is 20.4. The van der Waals surface area contributed by atoms with E-state index in [9.17, 15) is 4.79 Å². The Labute approximate surface area is 171 Å². The molecule has 0 fully saturated rings. The Morgan fingerprint density at radius 3 is 2.34 bits per heavy atom. The fraction of sp³-hybridized carbons (Fsp3) is 0.150. The fourth-order valence-electron chi connectivity index (χ4n) is 2.89. The molecule has 0 amide bonds. The van der Waals surface area contributed by atoms with Gasteiger partial charge in [0, 0.05) is 0 Å². The Hall–Kier alpha value is -3.52. The second kappa shape index (κ2) is 7.84. The van der Waals surface area contributed by atoms with Crippen molar-refractivity contribution in [1.82, 2.24) is 30.0 Å². The van der Waals surface area contributed by atoms with Crippen LogP contribution < -0.4 is 0 Å². The maximum Gasteiger partial charge on any atom is 0.338 e. The number of tetrazole rings is 1. The maximum atomic E-state index is 12.4. The van der Waals surface area contributed by atoms with Crippen LogP contribution in [0.2, 0.25) is 5.02 Å². The highest BCUT2D eigenvalue weighted by atomic mass is 35.5. The molecule has 0 aliphatic rings. The fourth-order valence-corrected chi connectivity index (χ4v) is 3.01. The number of nitrogens with zero attached hydrogens (tertiary/aromatic N) is 6. The zero-order valence-corrected chi connectivity index (χ0v) is 16.5. The molecule has 0 spiro atoms. The SMILES string of the molecule is Cc1nn(-c2ccc(C(=O)OCc3nnnn3-c3ccccc3)cc2)c(C)c1Cl. The van der Waals surface area contributed by atoms with Gasteiger partial charge in [-0.3, -0.25) is 0 Å². The van der Waals surface area contributed by atoms with Crippen molar-refractivity contribution < 1.29 is 9.53 Å².